The maximum atomic E-state index is 12.2. The summed E-state index contributed by atoms with van der Waals surface area (Å²) in [5.74, 6) is 0.185. The van der Waals surface area contributed by atoms with Gasteiger partial charge in [-0.3, -0.25) is 4.79 Å². The molecule has 7 nitrogen and oxygen atoms in total. The summed E-state index contributed by atoms with van der Waals surface area (Å²) in [5, 5.41) is 11.2. The molecule has 122 valence electrons. The standard InChI is InChI=1S/C13H19N3O4S2/c17-13(18)5-11-8-21-12(15-11)3-4-14-22(19,20)16-6-9-1-2-10(9)7-16/h8-10,14H,1-7H2,(H,17,18)/t9-,10+. The van der Waals surface area contributed by atoms with Crippen LogP contribution in [0.1, 0.15) is 23.5 Å². The molecule has 1 saturated carbocycles. The first-order chi connectivity index (χ1) is 10.4. The molecular formula is C13H19N3O4S2. The highest BCUT2D eigenvalue weighted by Gasteiger charge is 2.43. The van der Waals surface area contributed by atoms with Gasteiger partial charge in [0.25, 0.3) is 10.2 Å². The summed E-state index contributed by atoms with van der Waals surface area (Å²) in [5.41, 5.74) is 0.520. The zero-order valence-electron chi connectivity index (χ0n) is 12.1. The molecule has 0 radical (unpaired) electrons. The average molecular weight is 345 g/mol. The first-order valence-corrected chi connectivity index (χ1v) is 9.66. The van der Waals surface area contributed by atoms with Crippen molar-refractivity contribution in [3.63, 3.8) is 0 Å². The minimum absolute atomic E-state index is 0.0984. The van der Waals surface area contributed by atoms with E-state index in [0.717, 1.165) is 17.8 Å². The van der Waals surface area contributed by atoms with Crippen molar-refractivity contribution in [2.45, 2.75) is 25.7 Å². The smallest absolute Gasteiger partial charge is 0.309 e. The van der Waals surface area contributed by atoms with Gasteiger partial charge in [-0.15, -0.1) is 11.3 Å². The van der Waals surface area contributed by atoms with Crippen LogP contribution < -0.4 is 4.72 Å². The molecular weight excluding hydrogens is 326 g/mol. The van der Waals surface area contributed by atoms with Gasteiger partial charge in [0.05, 0.1) is 17.1 Å². The SMILES string of the molecule is O=C(O)Cc1csc(CCNS(=O)(=O)N2C[C@H]3CC[C@H]3C2)n1. The number of hydrogen-bond acceptors (Lipinski definition) is 5. The van der Waals surface area contributed by atoms with Gasteiger partial charge >= 0.3 is 5.97 Å². The number of nitrogens with one attached hydrogen (secondary N) is 1. The summed E-state index contributed by atoms with van der Waals surface area (Å²) in [4.78, 5) is 14.8. The Kier molecular flexibility index (Phi) is 4.49. The largest absolute Gasteiger partial charge is 0.481 e. The number of fused-ring (bicyclic) bond motifs is 1. The van der Waals surface area contributed by atoms with Crippen molar-refractivity contribution in [1.82, 2.24) is 14.0 Å². The Bertz CT molecular complexity index is 646. The maximum Gasteiger partial charge on any atom is 0.309 e. The van der Waals surface area contributed by atoms with E-state index in [1.807, 2.05) is 0 Å². The van der Waals surface area contributed by atoms with E-state index in [1.54, 1.807) is 9.69 Å². The van der Waals surface area contributed by atoms with E-state index in [4.69, 9.17) is 5.11 Å². The van der Waals surface area contributed by atoms with Crippen molar-refractivity contribution in [1.29, 1.82) is 0 Å². The number of carboxylic acids is 1. The van der Waals surface area contributed by atoms with E-state index in [2.05, 4.69) is 9.71 Å². The molecule has 1 aromatic heterocycles. The second-order valence-electron chi connectivity index (χ2n) is 5.87. The fourth-order valence-electron chi connectivity index (χ4n) is 2.99. The van der Waals surface area contributed by atoms with Gasteiger partial charge in [0.1, 0.15) is 0 Å². The number of aliphatic carboxylic acids is 1. The highest BCUT2D eigenvalue weighted by molar-refractivity contribution is 7.87. The lowest BCUT2D eigenvalue weighted by Gasteiger charge is -2.27. The van der Waals surface area contributed by atoms with E-state index in [9.17, 15) is 13.2 Å². The lowest BCUT2D eigenvalue weighted by Crippen LogP contribution is -2.40. The van der Waals surface area contributed by atoms with Crippen molar-refractivity contribution >= 4 is 27.5 Å². The Hall–Kier alpha value is -1.03. The van der Waals surface area contributed by atoms with Crippen LogP contribution in [0.5, 0.6) is 0 Å². The van der Waals surface area contributed by atoms with Gasteiger partial charge in [0.2, 0.25) is 0 Å². The number of rotatable bonds is 7. The van der Waals surface area contributed by atoms with E-state index < -0.39 is 16.2 Å². The van der Waals surface area contributed by atoms with Crippen LogP contribution in [-0.4, -0.2) is 48.4 Å². The van der Waals surface area contributed by atoms with Crippen LogP contribution in [0, 0.1) is 11.8 Å². The lowest BCUT2D eigenvalue weighted by atomic mass is 9.77. The predicted octanol–water partition coefficient (Wildman–Crippen LogP) is 0.489. The predicted molar refractivity (Wildman–Crippen MR) is 81.9 cm³/mol. The molecule has 2 aliphatic rings. The minimum Gasteiger partial charge on any atom is -0.481 e. The zero-order valence-corrected chi connectivity index (χ0v) is 13.7. The van der Waals surface area contributed by atoms with Crippen LogP contribution in [0.25, 0.3) is 0 Å². The highest BCUT2D eigenvalue weighted by Crippen LogP contribution is 2.41. The van der Waals surface area contributed by atoms with Crippen LogP contribution in [0.15, 0.2) is 5.38 Å². The van der Waals surface area contributed by atoms with Gasteiger partial charge in [-0.2, -0.15) is 12.7 Å². The first-order valence-electron chi connectivity index (χ1n) is 7.34. The molecule has 1 aromatic rings. The molecule has 2 N–H and O–H groups in total. The molecule has 22 heavy (non-hydrogen) atoms. The Labute approximate surface area is 133 Å². The fraction of sp³-hybridized carbons (Fsp3) is 0.692. The second kappa shape index (κ2) is 6.23. The summed E-state index contributed by atoms with van der Waals surface area (Å²) in [6, 6.07) is 0. The number of carbonyl (C=O) groups is 1. The zero-order chi connectivity index (χ0) is 15.7. The first kappa shape index (κ1) is 15.9. The number of hydrogen-bond donors (Lipinski definition) is 2. The van der Waals surface area contributed by atoms with E-state index >= 15 is 0 Å². The average Bonchev–Trinajstić information content (AvgIpc) is 2.94. The molecule has 1 aliphatic heterocycles. The maximum absolute atomic E-state index is 12.2. The van der Waals surface area contributed by atoms with Crippen molar-refractivity contribution in [3.8, 4) is 0 Å². The third-order valence-electron chi connectivity index (χ3n) is 4.35. The van der Waals surface area contributed by atoms with Crippen molar-refractivity contribution in [3.05, 3.63) is 16.1 Å². The molecule has 2 fully saturated rings. The van der Waals surface area contributed by atoms with E-state index in [1.165, 1.54) is 11.3 Å². The summed E-state index contributed by atoms with van der Waals surface area (Å²) in [6.07, 6.45) is 2.66. The second-order valence-corrected chi connectivity index (χ2v) is 8.56. The van der Waals surface area contributed by atoms with Crippen molar-refractivity contribution in [2.75, 3.05) is 19.6 Å². The topological polar surface area (TPSA) is 99.6 Å². The number of thiazole rings is 1. The minimum atomic E-state index is -3.40. The molecule has 0 spiro atoms. The summed E-state index contributed by atoms with van der Waals surface area (Å²) in [7, 11) is -3.40. The van der Waals surface area contributed by atoms with Gasteiger partial charge in [-0.05, 0) is 24.7 Å². The summed E-state index contributed by atoms with van der Waals surface area (Å²) < 4.78 is 28.6. The van der Waals surface area contributed by atoms with Crippen LogP contribution in [0.4, 0.5) is 0 Å². The molecule has 0 amide bonds. The molecule has 3 rings (SSSR count). The molecule has 9 heteroatoms. The Balaban J connectivity index is 1.47. The summed E-state index contributed by atoms with van der Waals surface area (Å²) >= 11 is 1.36. The molecule has 2 atom stereocenters. The molecule has 1 saturated heterocycles. The Morgan fingerprint density at radius 3 is 2.68 bits per heavy atom. The van der Waals surface area contributed by atoms with Gasteiger partial charge in [0, 0.05) is 31.4 Å². The van der Waals surface area contributed by atoms with E-state index in [-0.39, 0.29) is 13.0 Å². The van der Waals surface area contributed by atoms with Crippen LogP contribution >= 0.6 is 11.3 Å². The molecule has 2 heterocycles. The lowest BCUT2D eigenvalue weighted by molar-refractivity contribution is -0.136. The van der Waals surface area contributed by atoms with Crippen LogP contribution in [0.3, 0.4) is 0 Å². The molecule has 0 aromatic carbocycles. The molecule has 1 aliphatic carbocycles. The molecule has 0 bridgehead atoms. The van der Waals surface area contributed by atoms with Gasteiger partial charge in [-0.1, -0.05) is 0 Å². The Morgan fingerprint density at radius 2 is 2.09 bits per heavy atom. The normalized spacial score (nSPS) is 24.9. The van der Waals surface area contributed by atoms with Crippen LogP contribution in [-0.2, 0) is 27.8 Å². The number of carboxylic acid groups (broad SMARTS) is 1. The monoisotopic (exact) mass is 345 g/mol. The molecule has 0 unspecified atom stereocenters. The number of aromatic nitrogens is 1. The van der Waals surface area contributed by atoms with Gasteiger partial charge in [0.15, 0.2) is 0 Å². The van der Waals surface area contributed by atoms with Gasteiger partial charge in [-0.25, -0.2) is 9.71 Å². The fourth-order valence-corrected chi connectivity index (χ4v) is 5.11. The highest BCUT2D eigenvalue weighted by atomic mass is 32.2. The van der Waals surface area contributed by atoms with E-state index in [0.29, 0.717) is 37.0 Å². The third-order valence-corrected chi connectivity index (χ3v) is 6.85. The van der Waals surface area contributed by atoms with Gasteiger partial charge < -0.3 is 5.11 Å². The number of nitrogens with zero attached hydrogens (tertiary/aromatic N) is 2. The van der Waals surface area contributed by atoms with Crippen LogP contribution in [0.2, 0.25) is 0 Å². The third kappa shape index (κ3) is 3.48. The van der Waals surface area contributed by atoms with Crippen molar-refractivity contribution in [2.24, 2.45) is 11.8 Å². The quantitative estimate of drug-likeness (QED) is 0.749. The van der Waals surface area contributed by atoms with Crippen molar-refractivity contribution < 1.29 is 18.3 Å². The Morgan fingerprint density at radius 1 is 1.41 bits per heavy atom. The summed E-state index contributed by atoms with van der Waals surface area (Å²) in [6.45, 7) is 1.56.